The van der Waals surface area contributed by atoms with Crippen LogP contribution in [0.1, 0.15) is 0 Å². The van der Waals surface area contributed by atoms with Crippen LogP contribution in [0.5, 0.6) is 5.75 Å². The monoisotopic (exact) mass is 196 g/mol. The van der Waals surface area contributed by atoms with Crippen molar-refractivity contribution in [3.8, 4) is 5.75 Å². The number of carbonyl (C=O) groups is 1. The molecule has 0 bridgehead atoms. The normalized spacial score (nSPS) is 9.79. The first-order valence-electron chi connectivity index (χ1n) is 4.27. The lowest BCUT2D eigenvalue weighted by Crippen LogP contribution is -2.16. The predicted molar refractivity (Wildman–Crippen MR) is 50.0 cm³/mol. The van der Waals surface area contributed by atoms with E-state index in [4.69, 9.17) is 14.6 Å². The highest BCUT2D eigenvalue weighted by Gasteiger charge is 2.03. The number of hydrogen-bond acceptors (Lipinski definition) is 4. The molecule has 0 aliphatic heterocycles. The van der Waals surface area contributed by atoms with Crippen LogP contribution >= 0.6 is 0 Å². The Balaban J connectivity index is 2.27. The molecule has 0 heterocycles. The topological polar surface area (TPSA) is 55.8 Å². The van der Waals surface area contributed by atoms with Crippen molar-refractivity contribution >= 4 is 5.97 Å². The molecule has 0 spiro atoms. The van der Waals surface area contributed by atoms with Crippen LogP contribution in [-0.4, -0.2) is 30.9 Å². The SMILES string of the molecule is O=C(COCCO)Oc1ccccc1. The summed E-state index contributed by atoms with van der Waals surface area (Å²) < 4.78 is 9.71. The van der Waals surface area contributed by atoms with E-state index in [0.29, 0.717) is 5.75 Å². The average molecular weight is 196 g/mol. The molecule has 0 amide bonds. The summed E-state index contributed by atoms with van der Waals surface area (Å²) in [6, 6.07) is 8.75. The van der Waals surface area contributed by atoms with Crippen LogP contribution in [0.15, 0.2) is 30.3 Å². The molecule has 1 aromatic carbocycles. The third-order valence-corrected chi connectivity index (χ3v) is 1.43. The minimum atomic E-state index is -0.468. The van der Waals surface area contributed by atoms with Crippen molar-refractivity contribution < 1.29 is 19.4 Å². The molecule has 1 rings (SSSR count). The van der Waals surface area contributed by atoms with Crippen molar-refractivity contribution in [2.24, 2.45) is 0 Å². The molecule has 0 aliphatic carbocycles. The Morgan fingerprint density at radius 3 is 2.64 bits per heavy atom. The van der Waals surface area contributed by atoms with Gasteiger partial charge >= 0.3 is 5.97 Å². The van der Waals surface area contributed by atoms with E-state index in [0.717, 1.165) is 0 Å². The van der Waals surface area contributed by atoms with Crippen molar-refractivity contribution in [2.45, 2.75) is 0 Å². The van der Waals surface area contributed by atoms with Crippen molar-refractivity contribution in [1.82, 2.24) is 0 Å². The van der Waals surface area contributed by atoms with E-state index in [1.54, 1.807) is 24.3 Å². The zero-order valence-electron chi connectivity index (χ0n) is 7.68. The number of aliphatic hydroxyl groups excluding tert-OH is 1. The van der Waals surface area contributed by atoms with Crippen molar-refractivity contribution in [3.63, 3.8) is 0 Å². The summed E-state index contributed by atoms with van der Waals surface area (Å²) in [6.45, 7) is -0.0992. The number of rotatable bonds is 5. The van der Waals surface area contributed by atoms with Crippen molar-refractivity contribution in [2.75, 3.05) is 19.8 Å². The third kappa shape index (κ3) is 4.02. The molecule has 4 heteroatoms. The first-order chi connectivity index (χ1) is 6.83. The predicted octanol–water partition coefficient (Wildman–Crippen LogP) is 0.601. The maximum atomic E-state index is 11.1. The molecule has 4 nitrogen and oxygen atoms in total. The van der Waals surface area contributed by atoms with Crippen molar-refractivity contribution in [3.05, 3.63) is 30.3 Å². The van der Waals surface area contributed by atoms with Crippen LogP contribution in [0.25, 0.3) is 0 Å². The van der Waals surface area contributed by atoms with Gasteiger partial charge in [0.25, 0.3) is 0 Å². The van der Waals surface area contributed by atoms with E-state index in [2.05, 4.69) is 0 Å². The van der Waals surface area contributed by atoms with Crippen LogP contribution in [0, 0.1) is 0 Å². The first kappa shape index (κ1) is 10.7. The molecule has 0 aliphatic rings. The van der Waals surface area contributed by atoms with Gasteiger partial charge in [-0.3, -0.25) is 0 Å². The third-order valence-electron chi connectivity index (χ3n) is 1.43. The Labute approximate surface area is 82.1 Å². The number of benzene rings is 1. The molecule has 76 valence electrons. The zero-order valence-corrected chi connectivity index (χ0v) is 7.68. The summed E-state index contributed by atoms with van der Waals surface area (Å²) in [5.41, 5.74) is 0. The average Bonchev–Trinajstić information content (AvgIpc) is 2.20. The van der Waals surface area contributed by atoms with Gasteiger partial charge in [0.15, 0.2) is 0 Å². The summed E-state index contributed by atoms with van der Waals surface area (Å²) >= 11 is 0. The molecular weight excluding hydrogens is 184 g/mol. The number of para-hydroxylation sites is 1. The molecule has 0 unspecified atom stereocenters. The Morgan fingerprint density at radius 1 is 1.29 bits per heavy atom. The second-order valence-corrected chi connectivity index (χ2v) is 2.56. The smallest absolute Gasteiger partial charge is 0.337 e. The molecule has 0 fully saturated rings. The molecule has 14 heavy (non-hydrogen) atoms. The van der Waals surface area contributed by atoms with Gasteiger partial charge in [-0.1, -0.05) is 18.2 Å². The van der Waals surface area contributed by atoms with Gasteiger partial charge in [0.2, 0.25) is 0 Å². The van der Waals surface area contributed by atoms with Gasteiger partial charge in [0, 0.05) is 0 Å². The van der Waals surface area contributed by atoms with Crippen LogP contribution < -0.4 is 4.74 Å². The van der Waals surface area contributed by atoms with Crippen LogP contribution in [0.2, 0.25) is 0 Å². The molecular formula is C10H12O4. The minimum Gasteiger partial charge on any atom is -0.425 e. The lowest BCUT2D eigenvalue weighted by atomic mass is 10.3. The van der Waals surface area contributed by atoms with E-state index in [1.807, 2.05) is 6.07 Å². The molecule has 1 aromatic rings. The summed E-state index contributed by atoms with van der Waals surface area (Å²) in [5, 5.41) is 8.39. The second-order valence-electron chi connectivity index (χ2n) is 2.56. The lowest BCUT2D eigenvalue weighted by Gasteiger charge is -2.03. The van der Waals surface area contributed by atoms with Crippen LogP contribution in [-0.2, 0) is 9.53 Å². The van der Waals surface area contributed by atoms with E-state index >= 15 is 0 Å². The molecule has 1 N–H and O–H groups in total. The Kier molecular flexibility index (Phi) is 4.68. The Morgan fingerprint density at radius 2 is 2.00 bits per heavy atom. The number of aliphatic hydroxyl groups is 1. The van der Waals surface area contributed by atoms with Gasteiger partial charge in [-0.25, -0.2) is 4.79 Å². The number of hydrogen-bond donors (Lipinski definition) is 1. The lowest BCUT2D eigenvalue weighted by molar-refractivity contribution is -0.139. The van der Waals surface area contributed by atoms with Gasteiger partial charge < -0.3 is 14.6 Å². The summed E-state index contributed by atoms with van der Waals surface area (Å²) in [5.74, 6) is 0.0229. The maximum absolute atomic E-state index is 11.1. The maximum Gasteiger partial charge on any atom is 0.337 e. The standard InChI is InChI=1S/C10H12O4/c11-6-7-13-8-10(12)14-9-4-2-1-3-5-9/h1-5,11H,6-8H2. The fourth-order valence-corrected chi connectivity index (χ4v) is 0.869. The van der Waals surface area contributed by atoms with Gasteiger partial charge in [0.1, 0.15) is 12.4 Å². The van der Waals surface area contributed by atoms with E-state index in [9.17, 15) is 4.79 Å². The molecule has 0 atom stereocenters. The van der Waals surface area contributed by atoms with Gasteiger partial charge in [-0.2, -0.15) is 0 Å². The minimum absolute atomic E-state index is 0.0986. The highest BCUT2D eigenvalue weighted by molar-refractivity contribution is 5.73. The Bertz CT molecular complexity index is 271. The molecule has 0 saturated heterocycles. The molecule has 0 saturated carbocycles. The summed E-state index contributed by atoms with van der Waals surface area (Å²) in [7, 11) is 0. The van der Waals surface area contributed by atoms with Gasteiger partial charge in [-0.15, -0.1) is 0 Å². The van der Waals surface area contributed by atoms with Crippen molar-refractivity contribution in [1.29, 1.82) is 0 Å². The van der Waals surface area contributed by atoms with Gasteiger partial charge in [0.05, 0.1) is 13.2 Å². The summed E-state index contributed by atoms with van der Waals surface area (Å²) in [4.78, 5) is 11.1. The Hall–Kier alpha value is -1.39. The van der Waals surface area contributed by atoms with Crippen LogP contribution in [0.4, 0.5) is 0 Å². The fourth-order valence-electron chi connectivity index (χ4n) is 0.869. The van der Waals surface area contributed by atoms with Gasteiger partial charge in [-0.05, 0) is 12.1 Å². The van der Waals surface area contributed by atoms with E-state index in [1.165, 1.54) is 0 Å². The quantitative estimate of drug-likeness (QED) is 0.425. The van der Waals surface area contributed by atoms with E-state index < -0.39 is 5.97 Å². The first-order valence-corrected chi connectivity index (χ1v) is 4.27. The number of esters is 1. The molecule has 0 radical (unpaired) electrons. The second kappa shape index (κ2) is 6.12. The number of ether oxygens (including phenoxy) is 2. The highest BCUT2D eigenvalue weighted by Crippen LogP contribution is 2.08. The highest BCUT2D eigenvalue weighted by atomic mass is 16.6. The van der Waals surface area contributed by atoms with E-state index in [-0.39, 0.29) is 19.8 Å². The zero-order chi connectivity index (χ0) is 10.2. The summed E-state index contributed by atoms with van der Waals surface area (Å²) in [6.07, 6.45) is 0. The fraction of sp³-hybridized carbons (Fsp3) is 0.300. The molecule has 0 aromatic heterocycles. The van der Waals surface area contributed by atoms with Crippen LogP contribution in [0.3, 0.4) is 0 Å². The number of carbonyl (C=O) groups excluding carboxylic acids is 1. The largest absolute Gasteiger partial charge is 0.425 e.